The van der Waals surface area contributed by atoms with Crippen LogP contribution < -0.4 is 10.2 Å². The van der Waals surface area contributed by atoms with E-state index in [0.29, 0.717) is 24.7 Å². The minimum absolute atomic E-state index is 0.104. The molecule has 0 radical (unpaired) electrons. The molecule has 7 nitrogen and oxygen atoms in total. The van der Waals surface area contributed by atoms with E-state index in [1.807, 2.05) is 30.3 Å². The number of hydrogen-bond acceptors (Lipinski definition) is 6. The van der Waals surface area contributed by atoms with E-state index in [-0.39, 0.29) is 17.6 Å². The molecule has 160 valence electrons. The summed E-state index contributed by atoms with van der Waals surface area (Å²) in [6.45, 7) is 0.692. The lowest BCUT2D eigenvalue weighted by atomic mass is 10.2. The maximum absolute atomic E-state index is 12.7. The summed E-state index contributed by atoms with van der Waals surface area (Å²) < 4.78 is 2.20. The maximum Gasteiger partial charge on any atom is 0.234 e. The first-order valence-corrected chi connectivity index (χ1v) is 12.3. The number of carbonyl (C=O) groups excluding carboxylic acids is 2. The third-order valence-electron chi connectivity index (χ3n) is 5.43. The number of hydrogen-bond donors (Lipinski definition) is 1. The summed E-state index contributed by atoms with van der Waals surface area (Å²) in [6, 6.07) is 12.1. The first kappa shape index (κ1) is 20.3. The van der Waals surface area contributed by atoms with Gasteiger partial charge in [-0.05, 0) is 42.8 Å². The van der Waals surface area contributed by atoms with Gasteiger partial charge in [-0.15, -0.1) is 21.5 Å². The van der Waals surface area contributed by atoms with Crippen LogP contribution in [0.4, 0.5) is 11.4 Å². The first-order chi connectivity index (χ1) is 15.2. The van der Waals surface area contributed by atoms with Gasteiger partial charge in [0, 0.05) is 30.3 Å². The van der Waals surface area contributed by atoms with Crippen molar-refractivity contribution in [2.45, 2.75) is 43.3 Å². The highest BCUT2D eigenvalue weighted by atomic mass is 32.2. The topological polar surface area (TPSA) is 80.1 Å². The van der Waals surface area contributed by atoms with Gasteiger partial charge in [0.2, 0.25) is 11.8 Å². The van der Waals surface area contributed by atoms with E-state index in [1.54, 1.807) is 16.2 Å². The highest BCUT2D eigenvalue weighted by Crippen LogP contribution is 2.39. The van der Waals surface area contributed by atoms with E-state index < -0.39 is 0 Å². The number of aromatic nitrogens is 3. The Morgan fingerprint density at radius 1 is 1.19 bits per heavy atom. The number of carbonyl (C=O) groups is 2. The molecule has 2 aromatic heterocycles. The van der Waals surface area contributed by atoms with Gasteiger partial charge in [-0.25, -0.2) is 0 Å². The lowest BCUT2D eigenvalue weighted by molar-refractivity contribution is -0.117. The van der Waals surface area contributed by atoms with Crippen LogP contribution in [0.3, 0.4) is 0 Å². The highest BCUT2D eigenvalue weighted by Gasteiger charge is 2.30. The van der Waals surface area contributed by atoms with Crippen LogP contribution >= 0.6 is 23.1 Å². The fourth-order valence-electron chi connectivity index (χ4n) is 3.83. The summed E-state index contributed by atoms with van der Waals surface area (Å²) >= 11 is 3.13. The number of benzene rings is 1. The van der Waals surface area contributed by atoms with E-state index in [9.17, 15) is 9.59 Å². The van der Waals surface area contributed by atoms with Crippen LogP contribution in [-0.4, -0.2) is 38.9 Å². The van der Waals surface area contributed by atoms with Crippen molar-refractivity contribution >= 4 is 46.3 Å². The van der Waals surface area contributed by atoms with Crippen molar-refractivity contribution in [1.82, 2.24) is 14.8 Å². The van der Waals surface area contributed by atoms with Crippen LogP contribution in [0.5, 0.6) is 0 Å². The molecule has 3 heterocycles. The van der Waals surface area contributed by atoms with Crippen molar-refractivity contribution in [1.29, 1.82) is 0 Å². The van der Waals surface area contributed by atoms with Crippen molar-refractivity contribution in [3.05, 3.63) is 52.5 Å². The molecular weight excluding hydrogens is 430 g/mol. The van der Waals surface area contributed by atoms with E-state index in [0.717, 1.165) is 42.4 Å². The number of amides is 2. The lowest BCUT2D eigenvalue weighted by Gasteiger charge is -2.19. The van der Waals surface area contributed by atoms with Crippen LogP contribution in [0.1, 0.15) is 42.4 Å². The Morgan fingerprint density at radius 2 is 2.06 bits per heavy atom. The molecule has 2 amide bonds. The van der Waals surface area contributed by atoms with E-state index >= 15 is 0 Å². The Morgan fingerprint density at radius 3 is 2.81 bits per heavy atom. The van der Waals surface area contributed by atoms with Gasteiger partial charge < -0.3 is 14.8 Å². The molecule has 9 heteroatoms. The quantitative estimate of drug-likeness (QED) is 0.519. The van der Waals surface area contributed by atoms with E-state index in [1.165, 1.54) is 16.6 Å². The van der Waals surface area contributed by atoms with Crippen LogP contribution in [0.15, 0.2) is 46.9 Å². The second-order valence-electron chi connectivity index (χ2n) is 7.76. The molecule has 1 N–H and O–H groups in total. The summed E-state index contributed by atoms with van der Waals surface area (Å²) in [5, 5.41) is 14.6. The van der Waals surface area contributed by atoms with Gasteiger partial charge in [-0.3, -0.25) is 9.59 Å². The SMILES string of the molecule is O=C(CSc1nnc(Cc2cccs2)n1C1CC1)Nc1ccccc1N1CCCC1=O. The Labute approximate surface area is 188 Å². The van der Waals surface area contributed by atoms with Crippen LogP contribution in [0, 0.1) is 0 Å². The lowest BCUT2D eigenvalue weighted by Crippen LogP contribution is -2.26. The van der Waals surface area contributed by atoms with Gasteiger partial charge in [0.1, 0.15) is 5.82 Å². The average Bonchev–Trinajstić information content (AvgIpc) is 3.13. The predicted molar refractivity (Wildman–Crippen MR) is 123 cm³/mol. The zero-order chi connectivity index (χ0) is 21.2. The van der Waals surface area contributed by atoms with Crippen LogP contribution in [0.2, 0.25) is 0 Å². The summed E-state index contributed by atoms with van der Waals surface area (Å²) in [6.07, 6.45) is 4.44. The molecule has 1 saturated heterocycles. The molecule has 0 atom stereocenters. The second-order valence-corrected chi connectivity index (χ2v) is 9.73. The number of rotatable bonds is 8. The molecule has 0 spiro atoms. The number of anilines is 2. The van der Waals surface area contributed by atoms with Crippen molar-refractivity contribution in [3.8, 4) is 0 Å². The fourth-order valence-corrected chi connectivity index (χ4v) is 5.35. The molecule has 31 heavy (non-hydrogen) atoms. The second kappa shape index (κ2) is 8.84. The average molecular weight is 454 g/mol. The van der Waals surface area contributed by atoms with E-state index in [4.69, 9.17) is 0 Å². The Kier molecular flexibility index (Phi) is 5.78. The van der Waals surface area contributed by atoms with Gasteiger partial charge in [0.25, 0.3) is 0 Å². The number of nitrogens with zero attached hydrogens (tertiary/aromatic N) is 4. The summed E-state index contributed by atoms with van der Waals surface area (Å²) in [7, 11) is 0. The Bertz CT molecular complexity index is 1090. The van der Waals surface area contributed by atoms with Crippen LogP contribution in [0.25, 0.3) is 0 Å². The molecule has 3 aromatic rings. The zero-order valence-electron chi connectivity index (χ0n) is 17.0. The van der Waals surface area contributed by atoms with E-state index in [2.05, 4.69) is 31.5 Å². The van der Waals surface area contributed by atoms with Crippen molar-refractivity contribution in [2.24, 2.45) is 0 Å². The molecular formula is C22H23N5O2S2. The minimum atomic E-state index is -0.116. The smallest absolute Gasteiger partial charge is 0.234 e. The Balaban J connectivity index is 1.26. The number of thioether (sulfide) groups is 1. The molecule has 1 saturated carbocycles. The van der Waals surface area contributed by atoms with Gasteiger partial charge in [0.15, 0.2) is 5.16 Å². The molecule has 1 aliphatic carbocycles. The minimum Gasteiger partial charge on any atom is -0.324 e. The molecule has 2 fully saturated rings. The monoisotopic (exact) mass is 453 g/mol. The largest absolute Gasteiger partial charge is 0.324 e. The van der Waals surface area contributed by atoms with Crippen molar-refractivity contribution < 1.29 is 9.59 Å². The summed E-state index contributed by atoms with van der Waals surface area (Å²) in [5.41, 5.74) is 1.44. The third kappa shape index (κ3) is 4.52. The number of thiophene rings is 1. The molecule has 5 rings (SSSR count). The first-order valence-electron chi connectivity index (χ1n) is 10.5. The molecule has 0 bridgehead atoms. The molecule has 0 unspecified atom stereocenters. The summed E-state index contributed by atoms with van der Waals surface area (Å²) in [5.74, 6) is 1.19. The number of para-hydroxylation sites is 2. The van der Waals surface area contributed by atoms with Gasteiger partial charge in [-0.1, -0.05) is 30.0 Å². The third-order valence-corrected chi connectivity index (χ3v) is 7.25. The highest BCUT2D eigenvalue weighted by molar-refractivity contribution is 7.99. The number of nitrogens with one attached hydrogen (secondary N) is 1. The van der Waals surface area contributed by atoms with Crippen molar-refractivity contribution in [2.75, 3.05) is 22.5 Å². The van der Waals surface area contributed by atoms with Crippen molar-refractivity contribution in [3.63, 3.8) is 0 Å². The van der Waals surface area contributed by atoms with Gasteiger partial charge in [-0.2, -0.15) is 0 Å². The standard InChI is InChI=1S/C22H23N5O2S2/c28-20(23-17-6-1-2-7-18(17)26-11-3-8-21(26)29)14-31-22-25-24-19(27(22)15-9-10-15)13-16-5-4-12-30-16/h1-2,4-7,12,15H,3,8-11,13-14H2,(H,23,28). The normalized spacial score (nSPS) is 16.1. The Hall–Kier alpha value is -2.65. The fraction of sp³-hybridized carbons (Fsp3) is 0.364. The molecule has 1 aromatic carbocycles. The molecule has 2 aliphatic rings. The zero-order valence-corrected chi connectivity index (χ0v) is 18.6. The van der Waals surface area contributed by atoms with Crippen LogP contribution in [-0.2, 0) is 16.0 Å². The maximum atomic E-state index is 12.7. The summed E-state index contributed by atoms with van der Waals surface area (Å²) in [4.78, 5) is 27.9. The predicted octanol–water partition coefficient (Wildman–Crippen LogP) is 4.12. The molecule has 1 aliphatic heterocycles. The van der Waals surface area contributed by atoms with Gasteiger partial charge in [0.05, 0.1) is 17.1 Å². The van der Waals surface area contributed by atoms with Gasteiger partial charge >= 0.3 is 0 Å².